The standard InChI is InChI=1S/C26H25N/c1-19-8-12-21(13-9-19)14-17-23(22-15-10-20(2)11-16-22)25-18-27(3)26-7-5-4-6-24(25)26/h4-18,23H,1-3H3/b17-14+. The van der Waals surface area contributed by atoms with Gasteiger partial charge in [0.05, 0.1) is 0 Å². The molecule has 4 aromatic rings. The molecule has 0 amide bonds. The van der Waals surface area contributed by atoms with E-state index in [0.29, 0.717) is 0 Å². The second-order valence-electron chi connectivity index (χ2n) is 7.37. The molecule has 0 aliphatic rings. The van der Waals surface area contributed by atoms with Crippen molar-refractivity contribution in [1.82, 2.24) is 4.57 Å². The third-order valence-corrected chi connectivity index (χ3v) is 5.26. The van der Waals surface area contributed by atoms with Crippen molar-refractivity contribution in [3.05, 3.63) is 113 Å². The van der Waals surface area contributed by atoms with E-state index in [-0.39, 0.29) is 5.92 Å². The van der Waals surface area contributed by atoms with E-state index in [1.54, 1.807) is 0 Å². The van der Waals surface area contributed by atoms with Gasteiger partial charge in [-0.25, -0.2) is 0 Å². The maximum atomic E-state index is 2.33. The number of para-hydroxylation sites is 1. The molecule has 1 heterocycles. The van der Waals surface area contributed by atoms with Gasteiger partial charge in [-0.3, -0.25) is 0 Å². The van der Waals surface area contributed by atoms with Crippen molar-refractivity contribution in [2.45, 2.75) is 19.8 Å². The molecule has 0 aliphatic heterocycles. The summed E-state index contributed by atoms with van der Waals surface area (Å²) in [5, 5.41) is 1.32. The van der Waals surface area contributed by atoms with Crippen LogP contribution in [0.4, 0.5) is 0 Å². The summed E-state index contributed by atoms with van der Waals surface area (Å²) in [5.74, 6) is 0.220. The highest BCUT2D eigenvalue weighted by molar-refractivity contribution is 5.85. The molecular formula is C26H25N. The van der Waals surface area contributed by atoms with Gasteiger partial charge in [0.1, 0.15) is 0 Å². The SMILES string of the molecule is Cc1ccc(/C=C/C(c2ccc(C)cc2)c2cn(C)c3ccccc23)cc1. The van der Waals surface area contributed by atoms with E-state index >= 15 is 0 Å². The van der Waals surface area contributed by atoms with Gasteiger partial charge >= 0.3 is 0 Å². The second kappa shape index (κ2) is 7.28. The van der Waals surface area contributed by atoms with Crippen LogP contribution in [0.15, 0.2) is 85.1 Å². The van der Waals surface area contributed by atoms with Gasteiger partial charge in [-0.1, -0.05) is 90.0 Å². The molecule has 4 rings (SSSR count). The van der Waals surface area contributed by atoms with Crippen LogP contribution in [0.2, 0.25) is 0 Å². The highest BCUT2D eigenvalue weighted by Gasteiger charge is 2.16. The Morgan fingerprint density at radius 3 is 2.11 bits per heavy atom. The lowest BCUT2D eigenvalue weighted by molar-refractivity contribution is 0.941. The van der Waals surface area contributed by atoms with Gasteiger partial charge in [0, 0.05) is 30.1 Å². The fraction of sp³-hybridized carbons (Fsp3) is 0.154. The molecule has 0 aliphatic carbocycles. The third kappa shape index (κ3) is 3.59. The average Bonchev–Trinajstić information content (AvgIpc) is 3.02. The fourth-order valence-electron chi connectivity index (χ4n) is 3.67. The highest BCUT2D eigenvalue weighted by Crippen LogP contribution is 2.33. The molecule has 1 aromatic heterocycles. The molecule has 0 fully saturated rings. The molecule has 134 valence electrons. The first-order valence-corrected chi connectivity index (χ1v) is 9.47. The van der Waals surface area contributed by atoms with Crippen molar-refractivity contribution in [1.29, 1.82) is 0 Å². The van der Waals surface area contributed by atoms with Crippen molar-refractivity contribution in [2.24, 2.45) is 7.05 Å². The number of allylic oxidation sites excluding steroid dienone is 1. The molecule has 0 spiro atoms. The van der Waals surface area contributed by atoms with Crippen molar-refractivity contribution in [3.63, 3.8) is 0 Å². The summed E-state index contributed by atoms with van der Waals surface area (Å²) in [7, 11) is 2.13. The van der Waals surface area contributed by atoms with Crippen LogP contribution in [0.1, 0.15) is 33.7 Å². The van der Waals surface area contributed by atoms with Gasteiger partial charge in [-0.15, -0.1) is 0 Å². The van der Waals surface area contributed by atoms with Gasteiger partial charge in [-0.2, -0.15) is 0 Å². The number of rotatable bonds is 4. The van der Waals surface area contributed by atoms with E-state index in [1.165, 1.54) is 38.7 Å². The molecule has 1 atom stereocenters. The zero-order chi connectivity index (χ0) is 18.8. The number of benzene rings is 3. The summed E-state index contributed by atoms with van der Waals surface area (Å²) >= 11 is 0. The lowest BCUT2D eigenvalue weighted by Gasteiger charge is -2.14. The normalized spacial score (nSPS) is 12.7. The minimum absolute atomic E-state index is 0.220. The Labute approximate surface area is 161 Å². The number of aromatic nitrogens is 1. The van der Waals surface area contributed by atoms with E-state index in [9.17, 15) is 0 Å². The molecule has 3 aromatic carbocycles. The molecule has 1 nitrogen and oxygen atoms in total. The molecule has 1 unspecified atom stereocenters. The Bertz CT molecular complexity index is 1080. The largest absolute Gasteiger partial charge is 0.350 e. The van der Waals surface area contributed by atoms with Crippen molar-refractivity contribution >= 4 is 17.0 Å². The van der Waals surface area contributed by atoms with Crippen molar-refractivity contribution in [2.75, 3.05) is 0 Å². The first kappa shape index (κ1) is 17.4. The molecule has 1 heteroatoms. The molecule has 0 N–H and O–H groups in total. The maximum Gasteiger partial charge on any atom is 0.0480 e. The van der Waals surface area contributed by atoms with E-state index in [1.807, 2.05) is 0 Å². The monoisotopic (exact) mass is 351 g/mol. The van der Waals surface area contributed by atoms with Crippen LogP contribution in [0.5, 0.6) is 0 Å². The predicted molar refractivity (Wildman–Crippen MR) is 116 cm³/mol. The van der Waals surface area contributed by atoms with E-state index < -0.39 is 0 Å². The number of hydrogen-bond donors (Lipinski definition) is 0. The Balaban J connectivity index is 1.82. The van der Waals surface area contributed by atoms with Gasteiger partial charge in [0.15, 0.2) is 0 Å². The van der Waals surface area contributed by atoms with Crippen LogP contribution >= 0.6 is 0 Å². The Kier molecular flexibility index (Phi) is 4.68. The van der Waals surface area contributed by atoms with Crippen molar-refractivity contribution < 1.29 is 0 Å². The topological polar surface area (TPSA) is 4.93 Å². The van der Waals surface area contributed by atoms with E-state index in [2.05, 4.69) is 117 Å². The maximum absolute atomic E-state index is 2.33. The summed E-state index contributed by atoms with van der Waals surface area (Å²) in [6.07, 6.45) is 6.84. The number of aryl methyl sites for hydroxylation is 3. The Morgan fingerprint density at radius 1 is 0.778 bits per heavy atom. The molecule has 0 radical (unpaired) electrons. The summed E-state index contributed by atoms with van der Waals surface area (Å²) in [6.45, 7) is 4.26. The van der Waals surface area contributed by atoms with Crippen molar-refractivity contribution in [3.8, 4) is 0 Å². The Hall–Kier alpha value is -3.06. The number of fused-ring (bicyclic) bond motifs is 1. The summed E-state index contributed by atoms with van der Waals surface area (Å²) < 4.78 is 2.23. The van der Waals surface area contributed by atoms with Crippen LogP contribution in [0, 0.1) is 13.8 Å². The van der Waals surface area contributed by atoms with Crippen LogP contribution in [0.3, 0.4) is 0 Å². The quantitative estimate of drug-likeness (QED) is 0.388. The second-order valence-corrected chi connectivity index (χ2v) is 7.37. The number of nitrogens with zero attached hydrogens (tertiary/aromatic N) is 1. The number of hydrogen-bond acceptors (Lipinski definition) is 0. The molecule has 27 heavy (non-hydrogen) atoms. The molecule has 0 saturated carbocycles. The van der Waals surface area contributed by atoms with Gasteiger partial charge < -0.3 is 4.57 Å². The van der Waals surface area contributed by atoms with Crippen LogP contribution in [-0.2, 0) is 7.05 Å². The van der Waals surface area contributed by atoms with Crippen LogP contribution in [0.25, 0.3) is 17.0 Å². The summed E-state index contributed by atoms with van der Waals surface area (Å²) in [6, 6.07) is 26.2. The highest BCUT2D eigenvalue weighted by atomic mass is 14.9. The van der Waals surface area contributed by atoms with E-state index in [4.69, 9.17) is 0 Å². The fourth-order valence-corrected chi connectivity index (χ4v) is 3.67. The van der Waals surface area contributed by atoms with Crippen LogP contribution < -0.4 is 0 Å². The zero-order valence-corrected chi connectivity index (χ0v) is 16.2. The predicted octanol–water partition coefficient (Wildman–Crippen LogP) is 6.64. The smallest absolute Gasteiger partial charge is 0.0480 e. The molecular weight excluding hydrogens is 326 g/mol. The van der Waals surface area contributed by atoms with Gasteiger partial charge in [-0.05, 0) is 36.6 Å². The lowest BCUT2D eigenvalue weighted by Crippen LogP contribution is -1.97. The Morgan fingerprint density at radius 2 is 1.41 bits per heavy atom. The minimum Gasteiger partial charge on any atom is -0.350 e. The van der Waals surface area contributed by atoms with Gasteiger partial charge in [0.25, 0.3) is 0 Å². The lowest BCUT2D eigenvalue weighted by atomic mass is 9.89. The third-order valence-electron chi connectivity index (χ3n) is 5.26. The van der Waals surface area contributed by atoms with E-state index in [0.717, 1.165) is 0 Å². The zero-order valence-electron chi connectivity index (χ0n) is 16.2. The minimum atomic E-state index is 0.220. The first-order valence-electron chi connectivity index (χ1n) is 9.47. The average molecular weight is 351 g/mol. The summed E-state index contributed by atoms with van der Waals surface area (Å²) in [4.78, 5) is 0. The molecule has 0 saturated heterocycles. The first-order chi connectivity index (χ1) is 13.1. The summed E-state index contributed by atoms with van der Waals surface area (Å²) in [5.41, 5.74) is 7.75. The van der Waals surface area contributed by atoms with Gasteiger partial charge in [0.2, 0.25) is 0 Å². The van der Waals surface area contributed by atoms with Crippen LogP contribution in [-0.4, -0.2) is 4.57 Å². The molecule has 0 bridgehead atoms.